The van der Waals surface area contributed by atoms with E-state index in [1.54, 1.807) is 0 Å². The summed E-state index contributed by atoms with van der Waals surface area (Å²) in [6.07, 6.45) is 13.7. The van der Waals surface area contributed by atoms with Crippen molar-refractivity contribution in [3.63, 3.8) is 0 Å². The SMILES string of the molecule is CS[C@H]1CCCCCCCC[C@H]2COC[C@@H]2[C@@H]1[NH+]1CCOCC1. The second-order valence-corrected chi connectivity index (χ2v) is 8.81. The molecule has 0 aromatic rings. The molecule has 0 aromatic carbocycles. The molecule has 0 spiro atoms. The highest BCUT2D eigenvalue weighted by Crippen LogP contribution is 2.34. The maximum absolute atomic E-state index is 6.01. The summed E-state index contributed by atoms with van der Waals surface area (Å²) in [5.74, 6) is 1.59. The van der Waals surface area contributed by atoms with Crippen LogP contribution in [0.15, 0.2) is 0 Å². The highest BCUT2D eigenvalue weighted by Gasteiger charge is 2.44. The van der Waals surface area contributed by atoms with Crippen molar-refractivity contribution in [2.75, 3.05) is 45.8 Å². The largest absolute Gasteiger partial charge is 0.381 e. The normalized spacial score (nSPS) is 38.5. The predicted octanol–water partition coefficient (Wildman–Crippen LogP) is 2.40. The zero-order valence-corrected chi connectivity index (χ0v) is 15.8. The Balaban J connectivity index is 1.76. The van der Waals surface area contributed by atoms with Crippen LogP contribution >= 0.6 is 11.8 Å². The van der Waals surface area contributed by atoms with Gasteiger partial charge in [0.25, 0.3) is 0 Å². The molecule has 0 bridgehead atoms. The molecule has 3 fully saturated rings. The van der Waals surface area contributed by atoms with Crippen molar-refractivity contribution in [1.82, 2.24) is 0 Å². The van der Waals surface area contributed by atoms with Crippen LogP contribution in [0.2, 0.25) is 0 Å². The van der Waals surface area contributed by atoms with E-state index in [-0.39, 0.29) is 0 Å². The molecule has 3 rings (SSSR count). The minimum atomic E-state index is 0.778. The van der Waals surface area contributed by atoms with Crippen molar-refractivity contribution < 1.29 is 14.4 Å². The fourth-order valence-electron chi connectivity index (χ4n) is 5.02. The van der Waals surface area contributed by atoms with E-state index in [1.165, 1.54) is 64.5 Å². The van der Waals surface area contributed by atoms with E-state index >= 15 is 0 Å². The maximum atomic E-state index is 6.01. The quantitative estimate of drug-likeness (QED) is 0.833. The van der Waals surface area contributed by atoms with Gasteiger partial charge in [-0.25, -0.2) is 0 Å². The van der Waals surface area contributed by atoms with Gasteiger partial charge in [0.1, 0.15) is 19.1 Å². The Kier molecular flexibility index (Phi) is 7.56. The summed E-state index contributed by atoms with van der Waals surface area (Å²) in [5, 5.41) is 0.803. The summed E-state index contributed by atoms with van der Waals surface area (Å²) in [6.45, 7) is 6.33. The van der Waals surface area contributed by atoms with Gasteiger partial charge in [0, 0.05) is 12.5 Å². The van der Waals surface area contributed by atoms with E-state index in [4.69, 9.17) is 9.47 Å². The molecule has 3 nitrogen and oxygen atoms in total. The zero-order chi connectivity index (χ0) is 15.9. The lowest BCUT2D eigenvalue weighted by molar-refractivity contribution is -0.936. The van der Waals surface area contributed by atoms with E-state index in [0.717, 1.165) is 49.6 Å². The van der Waals surface area contributed by atoms with Crippen LogP contribution < -0.4 is 4.90 Å². The smallest absolute Gasteiger partial charge is 0.105 e. The molecule has 23 heavy (non-hydrogen) atoms. The minimum absolute atomic E-state index is 0.778. The number of hydrogen-bond donors (Lipinski definition) is 1. The third-order valence-electron chi connectivity index (χ3n) is 6.33. The lowest BCUT2D eigenvalue weighted by atomic mass is 9.81. The lowest BCUT2D eigenvalue weighted by Gasteiger charge is -2.40. The molecule has 0 aromatic heterocycles. The molecule has 2 aliphatic heterocycles. The summed E-state index contributed by atoms with van der Waals surface area (Å²) >= 11 is 2.13. The average Bonchev–Trinajstić information content (AvgIpc) is 3.03. The van der Waals surface area contributed by atoms with Gasteiger partial charge in [-0.2, -0.15) is 11.8 Å². The van der Waals surface area contributed by atoms with E-state index in [1.807, 2.05) is 4.90 Å². The van der Waals surface area contributed by atoms with Gasteiger partial charge in [0.15, 0.2) is 0 Å². The van der Waals surface area contributed by atoms with E-state index in [2.05, 4.69) is 18.0 Å². The van der Waals surface area contributed by atoms with Crippen LogP contribution in [0, 0.1) is 11.8 Å². The van der Waals surface area contributed by atoms with Gasteiger partial charge in [-0.3, -0.25) is 0 Å². The van der Waals surface area contributed by atoms with Crippen molar-refractivity contribution in [3.8, 4) is 0 Å². The number of quaternary nitrogens is 1. The fourth-order valence-corrected chi connectivity index (χ4v) is 6.11. The maximum Gasteiger partial charge on any atom is 0.105 e. The summed E-state index contributed by atoms with van der Waals surface area (Å²) in [6, 6.07) is 0.779. The summed E-state index contributed by atoms with van der Waals surface area (Å²) in [4.78, 5) is 1.81. The third-order valence-corrected chi connectivity index (χ3v) is 7.47. The van der Waals surface area contributed by atoms with Gasteiger partial charge in [0.05, 0.1) is 25.1 Å². The van der Waals surface area contributed by atoms with Gasteiger partial charge >= 0.3 is 0 Å². The van der Waals surface area contributed by atoms with Crippen molar-refractivity contribution in [3.05, 3.63) is 0 Å². The number of hydrogen-bond acceptors (Lipinski definition) is 3. The van der Waals surface area contributed by atoms with E-state index in [9.17, 15) is 0 Å². The third kappa shape index (κ3) is 4.87. The highest BCUT2D eigenvalue weighted by atomic mass is 32.2. The molecule has 2 heterocycles. The highest BCUT2D eigenvalue weighted by molar-refractivity contribution is 7.99. The molecule has 4 atom stereocenters. The Labute approximate surface area is 146 Å². The number of fused-ring (bicyclic) bond motifs is 1. The molecule has 1 aliphatic carbocycles. The monoisotopic (exact) mass is 342 g/mol. The standard InChI is InChI=1S/C19H35NO2S/c1-23-18-9-7-5-3-2-4-6-8-16-14-22-15-17(16)19(18)20-10-12-21-13-11-20/h16-19H,2-15H2,1H3/p+1/t16-,17-,18-,19-/m0/s1. The second kappa shape index (κ2) is 9.65. The molecule has 1 saturated carbocycles. The van der Waals surface area contributed by atoms with Gasteiger partial charge in [-0.05, 0) is 25.0 Å². The number of morpholine rings is 1. The topological polar surface area (TPSA) is 22.9 Å². The Bertz CT molecular complexity index is 335. The molecule has 3 aliphatic rings. The second-order valence-electron chi connectivity index (χ2n) is 7.73. The van der Waals surface area contributed by atoms with Gasteiger partial charge < -0.3 is 14.4 Å². The summed E-state index contributed by atoms with van der Waals surface area (Å²) in [5.41, 5.74) is 0. The molecule has 1 N–H and O–H groups in total. The van der Waals surface area contributed by atoms with E-state index in [0.29, 0.717) is 0 Å². The lowest BCUT2D eigenvalue weighted by Crippen LogP contribution is -3.19. The van der Waals surface area contributed by atoms with Crippen molar-refractivity contribution in [2.24, 2.45) is 11.8 Å². The first-order valence-electron chi connectivity index (χ1n) is 9.93. The van der Waals surface area contributed by atoms with Crippen molar-refractivity contribution >= 4 is 11.8 Å². The van der Waals surface area contributed by atoms with Crippen LogP contribution in [0.5, 0.6) is 0 Å². The van der Waals surface area contributed by atoms with Gasteiger partial charge in [0.2, 0.25) is 0 Å². The molecule has 4 heteroatoms. The van der Waals surface area contributed by atoms with Crippen LogP contribution in [0.25, 0.3) is 0 Å². The zero-order valence-electron chi connectivity index (χ0n) is 14.9. The summed E-state index contributed by atoms with van der Waals surface area (Å²) < 4.78 is 11.7. The van der Waals surface area contributed by atoms with Crippen molar-refractivity contribution in [2.45, 2.75) is 62.7 Å². The molecular weight excluding hydrogens is 306 g/mol. The number of rotatable bonds is 2. The van der Waals surface area contributed by atoms with Gasteiger partial charge in [-0.1, -0.05) is 38.5 Å². The van der Waals surface area contributed by atoms with Gasteiger partial charge in [-0.15, -0.1) is 0 Å². The molecule has 2 saturated heterocycles. The number of thioether (sulfide) groups is 1. The Morgan fingerprint density at radius 1 is 0.826 bits per heavy atom. The van der Waals surface area contributed by atoms with Crippen LogP contribution in [0.3, 0.4) is 0 Å². The molecular formula is C19H36NO2S+. The first kappa shape index (κ1) is 18.0. The van der Waals surface area contributed by atoms with Crippen LogP contribution in [-0.4, -0.2) is 57.1 Å². The van der Waals surface area contributed by atoms with Crippen LogP contribution in [-0.2, 0) is 9.47 Å². The molecule has 0 amide bonds. The summed E-state index contributed by atoms with van der Waals surface area (Å²) in [7, 11) is 0. The first-order valence-corrected chi connectivity index (χ1v) is 11.2. The minimum Gasteiger partial charge on any atom is -0.381 e. The van der Waals surface area contributed by atoms with E-state index < -0.39 is 0 Å². The average molecular weight is 343 g/mol. The Morgan fingerprint density at radius 3 is 2.26 bits per heavy atom. The predicted molar refractivity (Wildman–Crippen MR) is 97.3 cm³/mol. The number of ether oxygens (including phenoxy) is 2. The fraction of sp³-hybridized carbons (Fsp3) is 1.00. The van der Waals surface area contributed by atoms with Crippen LogP contribution in [0.1, 0.15) is 51.4 Å². The Morgan fingerprint density at radius 2 is 1.52 bits per heavy atom. The van der Waals surface area contributed by atoms with Crippen LogP contribution in [0.4, 0.5) is 0 Å². The number of nitrogens with one attached hydrogen (secondary N) is 1. The first-order chi connectivity index (χ1) is 11.4. The Hall–Kier alpha value is 0.230. The molecule has 0 radical (unpaired) electrons. The molecule has 0 unspecified atom stereocenters. The van der Waals surface area contributed by atoms with Crippen molar-refractivity contribution in [1.29, 1.82) is 0 Å². The molecule has 134 valence electrons.